The van der Waals surface area contributed by atoms with Crippen LogP contribution in [0.3, 0.4) is 0 Å². The molecule has 2 aliphatic rings. The molecule has 2 aliphatic heterocycles. The van der Waals surface area contributed by atoms with Crippen molar-refractivity contribution in [2.24, 2.45) is 5.92 Å². The van der Waals surface area contributed by atoms with Gasteiger partial charge >= 0.3 is 0 Å². The molecule has 0 aromatic heterocycles. The van der Waals surface area contributed by atoms with E-state index in [0.29, 0.717) is 13.1 Å². The SMILES string of the molecule is O=C(CCOc1ccccc1F)N1CCC(C(=O)N2CCCCCC2)CC1. The van der Waals surface area contributed by atoms with E-state index >= 15 is 0 Å². The molecule has 0 aliphatic carbocycles. The molecule has 0 spiro atoms. The largest absolute Gasteiger partial charge is 0.490 e. The molecular formula is C21H29FN2O3. The van der Waals surface area contributed by atoms with Gasteiger partial charge in [-0.15, -0.1) is 0 Å². The molecule has 0 saturated carbocycles. The Morgan fingerprint density at radius 2 is 1.63 bits per heavy atom. The van der Waals surface area contributed by atoms with Crippen LogP contribution in [0, 0.1) is 11.7 Å². The number of para-hydroxylation sites is 1. The first-order chi connectivity index (χ1) is 13.1. The fraction of sp³-hybridized carbons (Fsp3) is 0.619. The number of piperidine rings is 1. The molecule has 1 aromatic rings. The second-order valence-electron chi connectivity index (χ2n) is 7.42. The maximum Gasteiger partial charge on any atom is 0.225 e. The van der Waals surface area contributed by atoms with Gasteiger partial charge in [0, 0.05) is 32.1 Å². The summed E-state index contributed by atoms with van der Waals surface area (Å²) in [5.41, 5.74) is 0. The molecule has 6 heteroatoms. The molecule has 2 saturated heterocycles. The van der Waals surface area contributed by atoms with Gasteiger partial charge in [-0.2, -0.15) is 0 Å². The Bertz CT molecular complexity index is 636. The van der Waals surface area contributed by atoms with Crippen molar-refractivity contribution in [1.29, 1.82) is 0 Å². The molecule has 27 heavy (non-hydrogen) atoms. The summed E-state index contributed by atoms with van der Waals surface area (Å²) in [6.07, 6.45) is 6.32. The summed E-state index contributed by atoms with van der Waals surface area (Å²) < 4.78 is 18.9. The van der Waals surface area contributed by atoms with Crippen LogP contribution in [-0.2, 0) is 9.59 Å². The fourth-order valence-corrected chi connectivity index (χ4v) is 3.89. The van der Waals surface area contributed by atoms with Crippen LogP contribution in [0.1, 0.15) is 44.9 Å². The Morgan fingerprint density at radius 1 is 0.963 bits per heavy atom. The van der Waals surface area contributed by atoms with E-state index in [1.807, 2.05) is 4.90 Å². The quantitative estimate of drug-likeness (QED) is 0.793. The minimum atomic E-state index is -0.419. The van der Waals surface area contributed by atoms with Crippen LogP contribution in [0.25, 0.3) is 0 Å². The normalized spacial score (nSPS) is 18.9. The van der Waals surface area contributed by atoms with Crippen molar-refractivity contribution in [1.82, 2.24) is 9.80 Å². The number of benzene rings is 1. The maximum absolute atomic E-state index is 13.5. The summed E-state index contributed by atoms with van der Waals surface area (Å²) in [7, 11) is 0. The predicted molar refractivity (Wildman–Crippen MR) is 101 cm³/mol. The smallest absolute Gasteiger partial charge is 0.225 e. The average molecular weight is 376 g/mol. The molecule has 2 fully saturated rings. The van der Waals surface area contributed by atoms with Crippen molar-refractivity contribution in [2.45, 2.75) is 44.9 Å². The van der Waals surface area contributed by atoms with Gasteiger partial charge in [0.1, 0.15) is 0 Å². The lowest BCUT2D eigenvalue weighted by Gasteiger charge is -2.34. The molecule has 0 bridgehead atoms. The number of nitrogens with zero attached hydrogens (tertiary/aromatic N) is 2. The van der Waals surface area contributed by atoms with Gasteiger partial charge in [0.2, 0.25) is 11.8 Å². The minimum Gasteiger partial charge on any atom is -0.490 e. The highest BCUT2D eigenvalue weighted by Gasteiger charge is 2.30. The number of hydrogen-bond donors (Lipinski definition) is 0. The third kappa shape index (κ3) is 5.44. The monoisotopic (exact) mass is 376 g/mol. The summed E-state index contributed by atoms with van der Waals surface area (Å²) in [6, 6.07) is 6.19. The number of halogens is 1. The molecule has 2 heterocycles. The highest BCUT2D eigenvalue weighted by Crippen LogP contribution is 2.22. The van der Waals surface area contributed by atoms with Crippen LogP contribution in [0.2, 0.25) is 0 Å². The summed E-state index contributed by atoms with van der Waals surface area (Å²) in [5.74, 6) is 0.0746. The predicted octanol–water partition coefficient (Wildman–Crippen LogP) is 3.24. The van der Waals surface area contributed by atoms with Crippen molar-refractivity contribution in [3.8, 4) is 5.75 Å². The molecule has 0 N–H and O–H groups in total. The van der Waals surface area contributed by atoms with Crippen LogP contribution in [0.5, 0.6) is 5.75 Å². The molecule has 0 radical (unpaired) electrons. The molecular weight excluding hydrogens is 347 g/mol. The third-order valence-corrected chi connectivity index (χ3v) is 5.52. The van der Waals surface area contributed by atoms with Gasteiger partial charge in [-0.25, -0.2) is 4.39 Å². The Morgan fingerprint density at radius 3 is 2.30 bits per heavy atom. The van der Waals surface area contributed by atoms with Gasteiger partial charge in [0.05, 0.1) is 13.0 Å². The van der Waals surface area contributed by atoms with Gasteiger partial charge in [-0.1, -0.05) is 25.0 Å². The van der Waals surface area contributed by atoms with Gasteiger partial charge in [-0.3, -0.25) is 9.59 Å². The number of ether oxygens (including phenoxy) is 1. The fourth-order valence-electron chi connectivity index (χ4n) is 3.89. The summed E-state index contributed by atoms with van der Waals surface area (Å²) >= 11 is 0. The van der Waals surface area contributed by atoms with Crippen molar-refractivity contribution < 1.29 is 18.7 Å². The highest BCUT2D eigenvalue weighted by molar-refractivity contribution is 5.80. The van der Waals surface area contributed by atoms with Crippen molar-refractivity contribution in [3.63, 3.8) is 0 Å². The molecule has 148 valence electrons. The standard InChI is InChI=1S/C21H29FN2O3/c22-18-7-3-4-8-19(18)27-16-11-20(25)23-14-9-17(10-15-23)21(26)24-12-5-1-2-6-13-24/h3-4,7-8,17H,1-2,5-6,9-16H2. The second-order valence-corrected chi connectivity index (χ2v) is 7.42. The first kappa shape index (κ1) is 19.6. The van der Waals surface area contributed by atoms with Crippen LogP contribution in [-0.4, -0.2) is 54.4 Å². The van der Waals surface area contributed by atoms with Gasteiger partial charge < -0.3 is 14.5 Å². The zero-order chi connectivity index (χ0) is 19.1. The van der Waals surface area contributed by atoms with E-state index in [1.54, 1.807) is 23.1 Å². The lowest BCUT2D eigenvalue weighted by atomic mass is 9.95. The summed E-state index contributed by atoms with van der Waals surface area (Å²) in [5, 5.41) is 0. The lowest BCUT2D eigenvalue weighted by molar-refractivity contribution is -0.141. The van der Waals surface area contributed by atoms with E-state index in [4.69, 9.17) is 4.74 Å². The zero-order valence-corrected chi connectivity index (χ0v) is 15.9. The van der Waals surface area contributed by atoms with E-state index in [2.05, 4.69) is 0 Å². The molecule has 5 nitrogen and oxygen atoms in total. The number of rotatable bonds is 5. The van der Waals surface area contributed by atoms with Crippen molar-refractivity contribution in [2.75, 3.05) is 32.8 Å². The van der Waals surface area contributed by atoms with E-state index in [9.17, 15) is 14.0 Å². The van der Waals surface area contributed by atoms with E-state index in [1.165, 1.54) is 18.9 Å². The van der Waals surface area contributed by atoms with Crippen LogP contribution >= 0.6 is 0 Å². The van der Waals surface area contributed by atoms with Gasteiger partial charge in [0.25, 0.3) is 0 Å². The Labute approximate surface area is 160 Å². The van der Waals surface area contributed by atoms with E-state index in [-0.39, 0.29) is 36.5 Å². The summed E-state index contributed by atoms with van der Waals surface area (Å²) in [6.45, 7) is 3.15. The maximum atomic E-state index is 13.5. The van der Waals surface area contributed by atoms with Crippen LogP contribution in [0.15, 0.2) is 24.3 Å². The number of likely N-dealkylation sites (tertiary alicyclic amines) is 2. The zero-order valence-electron chi connectivity index (χ0n) is 15.9. The molecule has 0 atom stereocenters. The highest BCUT2D eigenvalue weighted by atomic mass is 19.1. The van der Waals surface area contributed by atoms with Crippen molar-refractivity contribution in [3.05, 3.63) is 30.1 Å². The Balaban J connectivity index is 1.39. The molecule has 0 unspecified atom stereocenters. The third-order valence-electron chi connectivity index (χ3n) is 5.52. The average Bonchev–Trinajstić information content (AvgIpc) is 2.98. The molecule has 1 aromatic carbocycles. The van der Waals surface area contributed by atoms with Crippen LogP contribution < -0.4 is 4.74 Å². The Kier molecular flexibility index (Phi) is 7.07. The lowest BCUT2D eigenvalue weighted by Crippen LogP contribution is -2.44. The molecule has 3 rings (SSSR count). The summed E-state index contributed by atoms with van der Waals surface area (Å²) in [4.78, 5) is 28.9. The second kappa shape index (κ2) is 9.72. The van der Waals surface area contributed by atoms with Gasteiger partial charge in [0.15, 0.2) is 11.6 Å². The molecule has 2 amide bonds. The minimum absolute atomic E-state index is 0.00649. The van der Waals surface area contributed by atoms with E-state index in [0.717, 1.165) is 38.8 Å². The topological polar surface area (TPSA) is 49.9 Å². The number of carbonyl (C=O) groups excluding carboxylic acids is 2. The Hall–Kier alpha value is -2.11. The van der Waals surface area contributed by atoms with Crippen molar-refractivity contribution >= 4 is 11.8 Å². The van der Waals surface area contributed by atoms with Crippen LogP contribution in [0.4, 0.5) is 4.39 Å². The van der Waals surface area contributed by atoms with E-state index < -0.39 is 5.82 Å². The number of carbonyl (C=O) groups is 2. The first-order valence-electron chi connectivity index (χ1n) is 10.1. The van der Waals surface area contributed by atoms with Gasteiger partial charge in [-0.05, 0) is 37.8 Å². The number of amides is 2. The number of hydrogen-bond acceptors (Lipinski definition) is 3. The first-order valence-corrected chi connectivity index (χ1v) is 10.1.